The molecule has 0 saturated carbocycles. The molecule has 2 rings (SSSR count). The lowest BCUT2D eigenvalue weighted by Gasteiger charge is -2.43. The standard InChI is InChI=1S/C16H26O3Si/c1-14(2)15(3,13-11-9-8-10-12-13)17-18-16(14,4)19-20(5,6)7/h8-12H,1-7H3/t15-,16+/m0/s1. The van der Waals surface area contributed by atoms with Gasteiger partial charge in [0.15, 0.2) is 14.1 Å². The molecule has 1 aromatic rings. The summed E-state index contributed by atoms with van der Waals surface area (Å²) in [6.45, 7) is 14.8. The Hall–Kier alpha value is -0.683. The largest absolute Gasteiger partial charge is 0.388 e. The summed E-state index contributed by atoms with van der Waals surface area (Å²) >= 11 is 0. The summed E-state index contributed by atoms with van der Waals surface area (Å²) in [5, 5.41) is 0. The molecule has 1 saturated heterocycles. The van der Waals surface area contributed by atoms with E-state index in [-0.39, 0.29) is 5.41 Å². The normalized spacial score (nSPS) is 33.4. The molecule has 0 spiro atoms. The zero-order valence-electron chi connectivity index (χ0n) is 13.6. The van der Waals surface area contributed by atoms with Crippen molar-refractivity contribution in [3.8, 4) is 0 Å². The van der Waals surface area contributed by atoms with Gasteiger partial charge in [-0.1, -0.05) is 44.2 Å². The van der Waals surface area contributed by atoms with Gasteiger partial charge in [0.25, 0.3) is 0 Å². The fraction of sp³-hybridized carbons (Fsp3) is 0.625. The minimum absolute atomic E-state index is 0.318. The van der Waals surface area contributed by atoms with Crippen molar-refractivity contribution in [1.29, 1.82) is 0 Å². The van der Waals surface area contributed by atoms with Crippen LogP contribution in [0.25, 0.3) is 0 Å². The summed E-state index contributed by atoms with van der Waals surface area (Å²) in [5.41, 5.74) is 0.248. The Bertz CT molecular complexity index is 480. The Morgan fingerprint density at radius 2 is 1.45 bits per heavy atom. The van der Waals surface area contributed by atoms with E-state index in [9.17, 15) is 0 Å². The van der Waals surface area contributed by atoms with Crippen LogP contribution in [0.3, 0.4) is 0 Å². The topological polar surface area (TPSA) is 27.7 Å². The van der Waals surface area contributed by atoms with Crippen molar-refractivity contribution >= 4 is 8.32 Å². The van der Waals surface area contributed by atoms with E-state index in [0.29, 0.717) is 0 Å². The van der Waals surface area contributed by atoms with Gasteiger partial charge < -0.3 is 4.43 Å². The first-order chi connectivity index (χ1) is 9.02. The lowest BCUT2D eigenvalue weighted by molar-refractivity contribution is -0.385. The quantitative estimate of drug-likeness (QED) is 0.608. The summed E-state index contributed by atoms with van der Waals surface area (Å²) in [7, 11) is -1.75. The van der Waals surface area contributed by atoms with Crippen LogP contribution in [-0.2, 0) is 19.8 Å². The second-order valence-corrected chi connectivity index (χ2v) is 11.8. The number of rotatable bonds is 3. The third-order valence-electron chi connectivity index (χ3n) is 4.52. The molecule has 0 bridgehead atoms. The third-order valence-corrected chi connectivity index (χ3v) is 5.52. The molecular weight excluding hydrogens is 268 g/mol. The summed E-state index contributed by atoms with van der Waals surface area (Å²) in [4.78, 5) is 11.5. The number of hydrogen-bond acceptors (Lipinski definition) is 3. The van der Waals surface area contributed by atoms with Gasteiger partial charge in [0, 0.05) is 0 Å². The number of benzene rings is 1. The first-order valence-corrected chi connectivity index (χ1v) is 10.6. The lowest BCUT2D eigenvalue weighted by Crippen LogP contribution is -2.53. The van der Waals surface area contributed by atoms with Crippen LogP contribution >= 0.6 is 0 Å². The predicted molar refractivity (Wildman–Crippen MR) is 82.6 cm³/mol. The summed E-state index contributed by atoms with van der Waals surface area (Å²) in [5.74, 6) is -0.748. The van der Waals surface area contributed by atoms with Gasteiger partial charge in [-0.05, 0) is 39.1 Å². The molecule has 0 amide bonds. The Kier molecular flexibility index (Phi) is 3.66. The fourth-order valence-corrected chi connectivity index (χ4v) is 4.16. The highest BCUT2D eigenvalue weighted by Crippen LogP contribution is 2.57. The van der Waals surface area contributed by atoms with Crippen molar-refractivity contribution in [2.24, 2.45) is 5.41 Å². The molecule has 0 unspecified atom stereocenters. The molecule has 1 aliphatic rings. The van der Waals surface area contributed by atoms with Gasteiger partial charge in [-0.3, -0.25) is 0 Å². The maximum Gasteiger partial charge on any atom is 0.198 e. The molecule has 4 heteroatoms. The monoisotopic (exact) mass is 294 g/mol. The van der Waals surface area contributed by atoms with Crippen LogP contribution in [-0.4, -0.2) is 14.1 Å². The van der Waals surface area contributed by atoms with Gasteiger partial charge in [-0.2, -0.15) is 0 Å². The Morgan fingerprint density at radius 3 is 1.95 bits per heavy atom. The van der Waals surface area contributed by atoms with Crippen LogP contribution in [0.5, 0.6) is 0 Å². The van der Waals surface area contributed by atoms with Gasteiger partial charge in [0.2, 0.25) is 0 Å². The molecule has 112 valence electrons. The van der Waals surface area contributed by atoms with Crippen molar-refractivity contribution in [2.45, 2.75) is 58.7 Å². The summed E-state index contributed by atoms with van der Waals surface area (Å²) < 4.78 is 6.31. The molecule has 0 aliphatic carbocycles. The van der Waals surface area contributed by atoms with E-state index in [0.717, 1.165) is 5.56 Å². The van der Waals surface area contributed by atoms with E-state index in [1.54, 1.807) is 0 Å². The van der Waals surface area contributed by atoms with Crippen molar-refractivity contribution in [2.75, 3.05) is 0 Å². The summed E-state index contributed by atoms with van der Waals surface area (Å²) in [6.07, 6.45) is 0. The average Bonchev–Trinajstić information content (AvgIpc) is 2.50. The Labute approximate surface area is 123 Å². The average molecular weight is 294 g/mol. The predicted octanol–water partition coefficient (Wildman–Crippen LogP) is 4.46. The molecular formula is C16H26O3Si. The Balaban J connectivity index is 2.41. The van der Waals surface area contributed by atoms with Gasteiger partial charge in [-0.15, -0.1) is 0 Å². The fourth-order valence-electron chi connectivity index (χ4n) is 2.70. The molecule has 0 N–H and O–H groups in total. The van der Waals surface area contributed by atoms with Crippen molar-refractivity contribution in [1.82, 2.24) is 0 Å². The highest BCUT2D eigenvalue weighted by Gasteiger charge is 2.64. The van der Waals surface area contributed by atoms with E-state index >= 15 is 0 Å². The van der Waals surface area contributed by atoms with E-state index in [4.69, 9.17) is 14.2 Å². The van der Waals surface area contributed by atoms with Crippen LogP contribution in [0.2, 0.25) is 19.6 Å². The van der Waals surface area contributed by atoms with Crippen molar-refractivity contribution < 1.29 is 14.2 Å². The molecule has 1 heterocycles. The van der Waals surface area contributed by atoms with Crippen molar-refractivity contribution in [3.05, 3.63) is 35.9 Å². The van der Waals surface area contributed by atoms with E-state index in [1.165, 1.54) is 0 Å². The molecule has 3 nitrogen and oxygen atoms in total. The van der Waals surface area contributed by atoms with Gasteiger partial charge in [0.1, 0.15) is 5.60 Å². The molecule has 0 radical (unpaired) electrons. The smallest absolute Gasteiger partial charge is 0.198 e. The van der Waals surface area contributed by atoms with Gasteiger partial charge >= 0.3 is 0 Å². The van der Waals surface area contributed by atoms with E-state index in [1.807, 2.05) is 25.1 Å². The second-order valence-electron chi connectivity index (χ2n) is 7.35. The van der Waals surface area contributed by atoms with E-state index < -0.39 is 19.7 Å². The lowest BCUT2D eigenvalue weighted by atomic mass is 9.68. The maximum atomic E-state index is 6.31. The molecule has 20 heavy (non-hydrogen) atoms. The van der Waals surface area contributed by atoms with Crippen molar-refractivity contribution in [3.63, 3.8) is 0 Å². The van der Waals surface area contributed by atoms with Crippen LogP contribution in [0.1, 0.15) is 33.3 Å². The minimum Gasteiger partial charge on any atom is -0.388 e. The zero-order chi connectivity index (χ0) is 15.2. The molecule has 1 fully saturated rings. The highest BCUT2D eigenvalue weighted by atomic mass is 28.4. The van der Waals surface area contributed by atoms with Gasteiger partial charge in [-0.25, -0.2) is 9.78 Å². The molecule has 1 aromatic carbocycles. The van der Waals surface area contributed by atoms with Crippen LogP contribution in [0, 0.1) is 5.41 Å². The van der Waals surface area contributed by atoms with Crippen LogP contribution in [0.4, 0.5) is 0 Å². The zero-order valence-corrected chi connectivity index (χ0v) is 14.6. The van der Waals surface area contributed by atoms with E-state index in [2.05, 4.69) is 52.5 Å². The number of hydrogen-bond donors (Lipinski definition) is 0. The highest BCUT2D eigenvalue weighted by molar-refractivity contribution is 6.69. The second kappa shape index (κ2) is 4.66. The molecule has 2 atom stereocenters. The van der Waals surface area contributed by atoms with Crippen LogP contribution in [0.15, 0.2) is 30.3 Å². The minimum atomic E-state index is -1.75. The molecule has 1 aliphatic heterocycles. The first-order valence-electron chi connectivity index (χ1n) is 7.14. The summed E-state index contributed by atoms with van der Waals surface area (Å²) in [6, 6.07) is 10.2. The Morgan fingerprint density at radius 1 is 0.900 bits per heavy atom. The maximum absolute atomic E-state index is 6.31. The van der Waals surface area contributed by atoms with Gasteiger partial charge in [0.05, 0.1) is 5.41 Å². The SMILES string of the molecule is CC1(C)[C@@](C)(O[Si](C)(C)C)OO[C@@]1(C)c1ccccc1. The van der Waals surface area contributed by atoms with Crippen LogP contribution < -0.4 is 0 Å². The third kappa shape index (κ3) is 2.35. The first kappa shape index (κ1) is 15.7. The molecule has 0 aromatic heterocycles.